The predicted octanol–water partition coefficient (Wildman–Crippen LogP) is 22.1. The van der Waals surface area contributed by atoms with E-state index < -0.39 is 97.5 Å². The molecule has 0 fully saturated rings. The number of hydrogen-bond donors (Lipinski definition) is 3. The van der Waals surface area contributed by atoms with E-state index in [1.165, 1.54) is 161 Å². The van der Waals surface area contributed by atoms with E-state index in [-0.39, 0.29) is 25.7 Å². The van der Waals surface area contributed by atoms with Gasteiger partial charge in [0.2, 0.25) is 0 Å². The van der Waals surface area contributed by atoms with E-state index in [1.54, 1.807) is 0 Å². The summed E-state index contributed by atoms with van der Waals surface area (Å²) in [5, 5.41) is 10.6. The molecule has 96 heavy (non-hydrogen) atoms. The minimum Gasteiger partial charge on any atom is -0.462 e. The lowest BCUT2D eigenvalue weighted by Crippen LogP contribution is -2.30. The number of phosphoric ester groups is 2. The van der Waals surface area contributed by atoms with Crippen molar-refractivity contribution in [2.75, 3.05) is 39.6 Å². The number of rotatable bonds is 74. The van der Waals surface area contributed by atoms with Crippen LogP contribution in [-0.4, -0.2) is 96.7 Å². The summed E-state index contributed by atoms with van der Waals surface area (Å²) in [4.78, 5) is 72.8. The molecular formula is C77H142O17P2. The molecule has 0 saturated heterocycles. The normalized spacial score (nSPS) is 14.2. The van der Waals surface area contributed by atoms with Crippen molar-refractivity contribution in [2.45, 2.75) is 380 Å². The SMILES string of the molecule is CCCCCC/C=C\C=C/CCCCCCCC(=O)OC[C@H](COP(=O)(O)OC[C@@H](O)COP(=O)(O)OC[C@@H](COC(=O)CCCCCCCCCCCCCCC)OC(=O)CCCCCCC/C=C\C=C/CCCCCC)OC(=O)CCCCCCCCCCCCCCC. The molecule has 2 unspecified atom stereocenters. The van der Waals surface area contributed by atoms with Crippen LogP contribution in [0, 0.1) is 0 Å². The molecule has 17 nitrogen and oxygen atoms in total. The lowest BCUT2D eigenvalue weighted by atomic mass is 10.0. The Labute approximate surface area is 585 Å². The molecule has 0 radical (unpaired) electrons. The quantitative estimate of drug-likeness (QED) is 0.0169. The molecule has 0 aliphatic heterocycles. The highest BCUT2D eigenvalue weighted by atomic mass is 31.2. The fourth-order valence-corrected chi connectivity index (χ4v) is 12.4. The molecule has 0 bridgehead atoms. The van der Waals surface area contributed by atoms with E-state index in [0.29, 0.717) is 25.7 Å². The van der Waals surface area contributed by atoms with E-state index in [2.05, 4.69) is 76.3 Å². The summed E-state index contributed by atoms with van der Waals surface area (Å²) < 4.78 is 68.5. The summed E-state index contributed by atoms with van der Waals surface area (Å²) in [6.07, 6.45) is 66.6. The molecule has 0 spiro atoms. The molecule has 0 aromatic carbocycles. The number of ether oxygens (including phenoxy) is 4. The number of phosphoric acid groups is 2. The maximum absolute atomic E-state index is 13.1. The van der Waals surface area contributed by atoms with Gasteiger partial charge in [-0.25, -0.2) is 9.13 Å². The largest absolute Gasteiger partial charge is 0.472 e. The first-order chi connectivity index (χ1) is 46.7. The first kappa shape index (κ1) is 93.0. The Kier molecular flexibility index (Phi) is 68.3. The van der Waals surface area contributed by atoms with Gasteiger partial charge in [0.1, 0.15) is 19.3 Å². The molecule has 19 heteroatoms. The van der Waals surface area contributed by atoms with E-state index in [1.807, 2.05) is 0 Å². The van der Waals surface area contributed by atoms with E-state index in [0.717, 1.165) is 122 Å². The van der Waals surface area contributed by atoms with Crippen LogP contribution in [0.2, 0.25) is 0 Å². The van der Waals surface area contributed by atoms with Gasteiger partial charge in [-0.3, -0.25) is 37.3 Å². The van der Waals surface area contributed by atoms with E-state index in [4.69, 9.17) is 37.0 Å². The second-order valence-corrected chi connectivity index (χ2v) is 29.3. The van der Waals surface area contributed by atoms with Gasteiger partial charge in [0, 0.05) is 25.7 Å². The van der Waals surface area contributed by atoms with E-state index in [9.17, 15) is 43.2 Å². The van der Waals surface area contributed by atoms with Gasteiger partial charge in [0.05, 0.1) is 26.4 Å². The number of carbonyl (C=O) groups excluding carboxylic acids is 4. The van der Waals surface area contributed by atoms with Crippen molar-refractivity contribution < 1.29 is 80.2 Å². The van der Waals surface area contributed by atoms with Gasteiger partial charge in [0.15, 0.2) is 12.2 Å². The minimum atomic E-state index is -4.97. The molecule has 5 atom stereocenters. The molecule has 0 heterocycles. The standard InChI is InChI=1S/C77H142O17P2/c1-5-9-13-17-21-25-29-33-35-39-42-46-50-54-58-62-75(80)88-68-72(93-76(81)63-59-55-51-47-43-38-32-28-24-20-16-12-8-4)69-91-95(83,84)89-65-71(78)66-90-96(85,86)92-70-73(67-87-74(79)61-57-53-49-45-41-37-31-27-23-19-15-11-7-3)94-77(82)64-60-56-52-48-44-40-36-34-30-26-22-18-14-10-6-2/h25-26,29-30,33-36,71-73,78H,5-24,27-28,31-32,37-70H2,1-4H3,(H,83,84)(H,85,86)/b29-25-,30-26-,35-33-,36-34-/t71-,72-,73-/m1/s1. The highest BCUT2D eigenvalue weighted by Crippen LogP contribution is 2.45. The number of hydrogen-bond acceptors (Lipinski definition) is 15. The first-order valence-electron chi connectivity index (χ1n) is 38.9. The maximum Gasteiger partial charge on any atom is 0.472 e. The zero-order chi connectivity index (χ0) is 70.4. The number of aliphatic hydroxyl groups is 1. The summed E-state index contributed by atoms with van der Waals surface area (Å²) >= 11 is 0. The van der Waals surface area contributed by atoms with Crippen molar-refractivity contribution in [2.24, 2.45) is 0 Å². The Balaban J connectivity index is 5.33. The monoisotopic (exact) mass is 1400 g/mol. The summed E-state index contributed by atoms with van der Waals surface area (Å²) in [5.41, 5.74) is 0. The third-order valence-corrected chi connectivity index (χ3v) is 18.8. The summed E-state index contributed by atoms with van der Waals surface area (Å²) in [6, 6.07) is 0. The topological polar surface area (TPSA) is 237 Å². The fourth-order valence-electron chi connectivity index (χ4n) is 10.9. The van der Waals surface area contributed by atoms with Crippen molar-refractivity contribution in [3.63, 3.8) is 0 Å². The second-order valence-electron chi connectivity index (χ2n) is 26.4. The van der Waals surface area contributed by atoms with E-state index >= 15 is 0 Å². The van der Waals surface area contributed by atoms with Crippen LogP contribution >= 0.6 is 15.6 Å². The van der Waals surface area contributed by atoms with Crippen LogP contribution in [0.3, 0.4) is 0 Å². The highest BCUT2D eigenvalue weighted by Gasteiger charge is 2.30. The number of esters is 4. The number of unbranched alkanes of at least 4 members (excludes halogenated alkanes) is 42. The van der Waals surface area contributed by atoms with Crippen molar-refractivity contribution >= 4 is 39.5 Å². The smallest absolute Gasteiger partial charge is 0.462 e. The average Bonchev–Trinajstić information content (AvgIpc) is 1.17. The van der Waals surface area contributed by atoms with Crippen LogP contribution < -0.4 is 0 Å². The Morgan fingerprint density at radius 3 is 0.760 bits per heavy atom. The summed E-state index contributed by atoms with van der Waals surface area (Å²) in [5.74, 6) is -2.17. The third kappa shape index (κ3) is 69.5. The molecular weight excluding hydrogens is 1260 g/mol. The molecule has 0 aliphatic carbocycles. The van der Waals surface area contributed by atoms with Crippen molar-refractivity contribution in [1.82, 2.24) is 0 Å². The molecule has 0 aromatic heterocycles. The van der Waals surface area contributed by atoms with Crippen LogP contribution in [0.4, 0.5) is 0 Å². The Morgan fingerprint density at radius 2 is 0.500 bits per heavy atom. The lowest BCUT2D eigenvalue weighted by molar-refractivity contribution is -0.161. The molecule has 562 valence electrons. The molecule has 0 amide bonds. The summed E-state index contributed by atoms with van der Waals surface area (Å²) in [7, 11) is -9.94. The van der Waals surface area contributed by atoms with Crippen LogP contribution in [0.5, 0.6) is 0 Å². The third-order valence-electron chi connectivity index (χ3n) is 16.9. The first-order valence-corrected chi connectivity index (χ1v) is 41.9. The zero-order valence-electron chi connectivity index (χ0n) is 61.3. The van der Waals surface area contributed by atoms with Crippen molar-refractivity contribution in [1.29, 1.82) is 0 Å². The van der Waals surface area contributed by atoms with Crippen molar-refractivity contribution in [3.05, 3.63) is 48.6 Å². The minimum absolute atomic E-state index is 0.0835. The lowest BCUT2D eigenvalue weighted by Gasteiger charge is -2.21. The van der Waals surface area contributed by atoms with Crippen LogP contribution in [0.15, 0.2) is 48.6 Å². The maximum atomic E-state index is 13.1. The zero-order valence-corrected chi connectivity index (χ0v) is 63.1. The molecule has 0 saturated carbocycles. The molecule has 3 N–H and O–H groups in total. The predicted molar refractivity (Wildman–Crippen MR) is 390 cm³/mol. The van der Waals surface area contributed by atoms with Gasteiger partial charge in [-0.15, -0.1) is 0 Å². The highest BCUT2D eigenvalue weighted by molar-refractivity contribution is 7.47. The second kappa shape index (κ2) is 70.5. The number of carbonyl (C=O) groups is 4. The number of aliphatic hydroxyl groups excluding tert-OH is 1. The van der Waals surface area contributed by atoms with Crippen LogP contribution in [0.1, 0.15) is 362 Å². The van der Waals surface area contributed by atoms with Gasteiger partial charge in [0.25, 0.3) is 0 Å². The van der Waals surface area contributed by atoms with Crippen LogP contribution in [-0.2, 0) is 65.4 Å². The Hall–Kier alpha value is -2.98. The van der Waals surface area contributed by atoms with Gasteiger partial charge in [-0.1, -0.05) is 307 Å². The van der Waals surface area contributed by atoms with Crippen molar-refractivity contribution in [3.8, 4) is 0 Å². The van der Waals surface area contributed by atoms with Crippen LogP contribution in [0.25, 0.3) is 0 Å². The number of allylic oxidation sites excluding steroid dienone is 8. The van der Waals surface area contributed by atoms with Gasteiger partial charge in [-0.05, 0) is 77.0 Å². The molecule has 0 rings (SSSR count). The Bertz CT molecular complexity index is 2010. The molecule has 0 aliphatic rings. The van der Waals surface area contributed by atoms with Gasteiger partial charge >= 0.3 is 39.5 Å². The van der Waals surface area contributed by atoms with Gasteiger partial charge < -0.3 is 33.8 Å². The Morgan fingerprint density at radius 1 is 0.292 bits per heavy atom. The fraction of sp³-hybridized carbons (Fsp3) is 0.844. The molecule has 0 aromatic rings. The van der Waals surface area contributed by atoms with Gasteiger partial charge in [-0.2, -0.15) is 0 Å². The average molecular weight is 1400 g/mol. The summed E-state index contributed by atoms with van der Waals surface area (Å²) in [6.45, 7) is 4.87.